The van der Waals surface area contributed by atoms with Crippen molar-refractivity contribution in [1.29, 1.82) is 0 Å². The highest BCUT2D eigenvalue weighted by Gasteiger charge is 2.07. The molecule has 4 N–H and O–H groups in total. The number of nitrogens with one attached hydrogen (secondary N) is 2. The van der Waals surface area contributed by atoms with Crippen molar-refractivity contribution in [3.8, 4) is 11.5 Å². The second-order valence-electron chi connectivity index (χ2n) is 5.06. The highest BCUT2D eigenvalue weighted by atomic mass is 16.5. The fourth-order valence-electron chi connectivity index (χ4n) is 1.76. The van der Waals surface area contributed by atoms with Crippen LogP contribution in [-0.2, 0) is 0 Å². The first-order valence-corrected chi connectivity index (χ1v) is 7.20. The molecule has 0 bridgehead atoms. The van der Waals surface area contributed by atoms with Crippen molar-refractivity contribution < 1.29 is 24.7 Å². The molecule has 0 saturated carbocycles. The number of carbonyl (C=O) groups excluding carboxylic acids is 2. The van der Waals surface area contributed by atoms with Crippen LogP contribution in [0, 0.1) is 0 Å². The van der Waals surface area contributed by atoms with Gasteiger partial charge in [0.2, 0.25) is 0 Å². The van der Waals surface area contributed by atoms with E-state index >= 15 is 0 Å². The van der Waals surface area contributed by atoms with Crippen molar-refractivity contribution in [3.05, 3.63) is 48.5 Å². The molecule has 0 radical (unpaired) electrons. The van der Waals surface area contributed by atoms with Crippen molar-refractivity contribution in [2.24, 2.45) is 0 Å². The molecule has 0 aromatic heterocycles. The van der Waals surface area contributed by atoms with Crippen LogP contribution in [0.1, 0.15) is 0 Å². The van der Waals surface area contributed by atoms with Gasteiger partial charge in [0.05, 0.1) is 0 Å². The largest absolute Gasteiger partial charge is 0.457 e. The fourth-order valence-corrected chi connectivity index (χ4v) is 1.76. The van der Waals surface area contributed by atoms with Crippen molar-refractivity contribution in [2.75, 3.05) is 24.7 Å². The van der Waals surface area contributed by atoms with Gasteiger partial charge in [0, 0.05) is 25.5 Å². The van der Waals surface area contributed by atoms with E-state index in [2.05, 4.69) is 10.6 Å². The number of hydrogen-bond donors (Lipinski definition) is 4. The Bertz CT molecular complexity index is 666. The molecule has 0 fully saturated rings. The summed E-state index contributed by atoms with van der Waals surface area (Å²) in [5, 5.41) is 23.8. The van der Waals surface area contributed by atoms with Gasteiger partial charge in [-0.1, -0.05) is 0 Å². The number of urea groups is 2. The second-order valence-corrected chi connectivity index (χ2v) is 5.06. The van der Waals surface area contributed by atoms with Gasteiger partial charge in [0.15, 0.2) is 0 Å². The molecule has 0 spiro atoms. The summed E-state index contributed by atoms with van der Waals surface area (Å²) in [4.78, 5) is 22.6. The minimum absolute atomic E-state index is 0.444. The van der Waals surface area contributed by atoms with Crippen LogP contribution >= 0.6 is 0 Å². The molecule has 0 aliphatic carbocycles. The molecule has 9 heteroatoms. The van der Waals surface area contributed by atoms with E-state index in [1.54, 1.807) is 48.5 Å². The van der Waals surface area contributed by atoms with E-state index in [1.165, 1.54) is 14.1 Å². The summed E-state index contributed by atoms with van der Waals surface area (Å²) in [6.07, 6.45) is 0. The number of ether oxygens (including phenoxy) is 1. The fraction of sp³-hybridized carbons (Fsp3) is 0.125. The summed E-state index contributed by atoms with van der Waals surface area (Å²) in [5.74, 6) is 1.09. The molecule has 0 aliphatic heterocycles. The van der Waals surface area contributed by atoms with Gasteiger partial charge in [-0.2, -0.15) is 0 Å². The van der Waals surface area contributed by atoms with Crippen LogP contribution in [0.15, 0.2) is 48.5 Å². The normalized spacial score (nSPS) is 9.92. The zero-order valence-corrected chi connectivity index (χ0v) is 13.6. The molecule has 132 valence electrons. The predicted octanol–water partition coefficient (Wildman–Crippen LogP) is 3.18. The van der Waals surface area contributed by atoms with E-state index in [4.69, 9.17) is 15.2 Å². The lowest BCUT2D eigenvalue weighted by molar-refractivity contribution is -0.0118. The molecule has 0 atom stereocenters. The van der Waals surface area contributed by atoms with Gasteiger partial charge in [-0.25, -0.2) is 19.7 Å². The molecule has 0 unspecified atom stereocenters. The van der Waals surface area contributed by atoms with Gasteiger partial charge in [-0.15, -0.1) is 0 Å². The zero-order valence-electron chi connectivity index (χ0n) is 13.6. The number of carbonyl (C=O) groups is 2. The van der Waals surface area contributed by atoms with Gasteiger partial charge in [-0.3, -0.25) is 10.4 Å². The number of amides is 4. The molecular weight excluding hydrogens is 328 g/mol. The van der Waals surface area contributed by atoms with Crippen molar-refractivity contribution in [2.45, 2.75) is 0 Å². The van der Waals surface area contributed by atoms with Gasteiger partial charge in [0.1, 0.15) is 11.5 Å². The molecule has 0 heterocycles. The van der Waals surface area contributed by atoms with Crippen LogP contribution in [0.5, 0.6) is 11.5 Å². The Balaban J connectivity index is 1.95. The predicted molar refractivity (Wildman–Crippen MR) is 90.1 cm³/mol. The van der Waals surface area contributed by atoms with E-state index in [1.807, 2.05) is 0 Å². The Kier molecular flexibility index (Phi) is 5.77. The van der Waals surface area contributed by atoms with Gasteiger partial charge in [0.25, 0.3) is 0 Å². The third kappa shape index (κ3) is 5.37. The molecule has 4 amide bonds. The van der Waals surface area contributed by atoms with Crippen LogP contribution in [0.2, 0.25) is 0 Å². The molecule has 2 aromatic rings. The molecule has 25 heavy (non-hydrogen) atoms. The summed E-state index contributed by atoms with van der Waals surface area (Å²) in [6.45, 7) is 0. The summed E-state index contributed by atoms with van der Waals surface area (Å²) >= 11 is 0. The van der Waals surface area contributed by atoms with E-state index in [-0.39, 0.29) is 0 Å². The number of rotatable bonds is 4. The number of benzene rings is 2. The Morgan fingerprint density at radius 3 is 1.36 bits per heavy atom. The number of hydrogen-bond acceptors (Lipinski definition) is 5. The SMILES string of the molecule is CN(O)C(=O)Nc1ccc(Oc2ccc(NC(=O)N(C)O)cc2)cc1. The molecule has 2 rings (SSSR count). The minimum Gasteiger partial charge on any atom is -0.457 e. The maximum absolute atomic E-state index is 11.3. The van der Waals surface area contributed by atoms with Crippen LogP contribution < -0.4 is 15.4 Å². The van der Waals surface area contributed by atoms with Crippen molar-refractivity contribution >= 4 is 23.4 Å². The van der Waals surface area contributed by atoms with Crippen LogP contribution in [0.3, 0.4) is 0 Å². The zero-order chi connectivity index (χ0) is 18.4. The lowest BCUT2D eigenvalue weighted by atomic mass is 10.3. The van der Waals surface area contributed by atoms with Crippen molar-refractivity contribution in [1.82, 2.24) is 10.1 Å². The van der Waals surface area contributed by atoms with E-state index in [9.17, 15) is 9.59 Å². The maximum Gasteiger partial charge on any atom is 0.345 e. The first-order valence-electron chi connectivity index (χ1n) is 7.20. The van der Waals surface area contributed by atoms with Gasteiger partial charge in [-0.05, 0) is 48.5 Å². The van der Waals surface area contributed by atoms with Gasteiger partial charge >= 0.3 is 12.1 Å². The Hall–Kier alpha value is -3.30. The second kappa shape index (κ2) is 7.99. The number of nitrogens with zero attached hydrogens (tertiary/aromatic N) is 2. The first kappa shape index (κ1) is 18.0. The molecule has 0 saturated heterocycles. The third-order valence-electron chi connectivity index (χ3n) is 3.03. The highest BCUT2D eigenvalue weighted by molar-refractivity contribution is 5.88. The lowest BCUT2D eigenvalue weighted by Crippen LogP contribution is -2.27. The average molecular weight is 346 g/mol. The van der Waals surface area contributed by atoms with Crippen molar-refractivity contribution in [3.63, 3.8) is 0 Å². The minimum atomic E-state index is -0.653. The molecule has 2 aromatic carbocycles. The third-order valence-corrected chi connectivity index (χ3v) is 3.03. The topological polar surface area (TPSA) is 114 Å². The van der Waals surface area contributed by atoms with Gasteiger partial charge < -0.3 is 15.4 Å². The van der Waals surface area contributed by atoms with Crippen LogP contribution in [-0.4, -0.2) is 46.7 Å². The summed E-state index contributed by atoms with van der Waals surface area (Å²) in [5.41, 5.74) is 1.01. The van der Waals surface area contributed by atoms with E-state index in [0.717, 1.165) is 0 Å². The van der Waals surface area contributed by atoms with Crippen LogP contribution in [0.25, 0.3) is 0 Å². The Morgan fingerprint density at radius 2 is 1.08 bits per heavy atom. The highest BCUT2D eigenvalue weighted by Crippen LogP contribution is 2.24. The lowest BCUT2D eigenvalue weighted by Gasteiger charge is -2.12. The van der Waals surface area contributed by atoms with E-state index < -0.39 is 12.1 Å². The average Bonchev–Trinajstić information content (AvgIpc) is 2.58. The number of hydroxylamine groups is 4. The Morgan fingerprint density at radius 1 is 0.760 bits per heavy atom. The van der Waals surface area contributed by atoms with E-state index in [0.29, 0.717) is 33.0 Å². The monoisotopic (exact) mass is 346 g/mol. The smallest absolute Gasteiger partial charge is 0.345 e. The molecular formula is C16H18N4O5. The summed E-state index contributed by atoms with van der Waals surface area (Å²) < 4.78 is 5.65. The summed E-state index contributed by atoms with van der Waals surface area (Å²) in [6, 6.07) is 11.8. The summed E-state index contributed by atoms with van der Waals surface area (Å²) in [7, 11) is 2.44. The first-order chi connectivity index (χ1) is 11.8. The molecule has 9 nitrogen and oxygen atoms in total. The Labute approximate surface area is 144 Å². The molecule has 0 aliphatic rings. The maximum atomic E-state index is 11.3. The standard InChI is InChI=1S/C16H18N4O5/c1-19(23)15(21)17-11-3-7-13(8-4-11)25-14-9-5-12(6-10-14)18-16(22)20(2)24/h3-10,23-24H,1-2H3,(H,17,21)(H,18,22). The number of anilines is 2. The van der Waals surface area contributed by atoms with Crippen LogP contribution in [0.4, 0.5) is 21.0 Å². The quantitative estimate of drug-likeness (QED) is 0.501.